The van der Waals surface area contributed by atoms with E-state index >= 15 is 0 Å². The van der Waals surface area contributed by atoms with E-state index in [1.54, 1.807) is 0 Å². The molecule has 0 radical (unpaired) electrons. The highest BCUT2D eigenvalue weighted by molar-refractivity contribution is 5.76. The molecule has 1 fully saturated rings. The molecule has 0 atom stereocenters. The van der Waals surface area contributed by atoms with Crippen LogP contribution in [0.5, 0.6) is 0 Å². The number of nitrogens with zero attached hydrogens (tertiary/aromatic N) is 1. The largest absolute Gasteiger partial charge is 0.345 e. The Morgan fingerprint density at radius 2 is 2.07 bits per heavy atom. The van der Waals surface area contributed by atoms with Gasteiger partial charge in [0.1, 0.15) is 0 Å². The number of hydrogen-bond donors (Lipinski definition) is 1. The van der Waals surface area contributed by atoms with Gasteiger partial charge in [0.05, 0.1) is 0 Å². The smallest absolute Gasteiger partial charge is 0.222 e. The Morgan fingerprint density at radius 1 is 1.50 bits per heavy atom. The first-order chi connectivity index (χ1) is 6.49. The molecule has 0 spiro atoms. The van der Waals surface area contributed by atoms with Gasteiger partial charge >= 0.3 is 0 Å². The molecule has 0 aromatic rings. The molecule has 14 heavy (non-hydrogen) atoms. The standard InChI is InChI=1S/C11H22N2O/c1-8(2)4-11(14)13(3)7-9-5-10(12)6-9/h8-10H,4-7,12H2,1-3H3. The molecule has 3 heteroatoms. The molecule has 0 aromatic carbocycles. The van der Waals surface area contributed by atoms with E-state index in [1.165, 1.54) is 0 Å². The molecule has 2 N–H and O–H groups in total. The van der Waals surface area contributed by atoms with E-state index in [-0.39, 0.29) is 5.91 Å². The molecule has 0 heterocycles. The number of carbonyl (C=O) groups is 1. The van der Waals surface area contributed by atoms with Crippen molar-refractivity contribution >= 4 is 5.91 Å². The third kappa shape index (κ3) is 3.29. The number of rotatable bonds is 4. The highest BCUT2D eigenvalue weighted by Crippen LogP contribution is 2.26. The van der Waals surface area contributed by atoms with Crippen molar-refractivity contribution in [2.75, 3.05) is 13.6 Å². The van der Waals surface area contributed by atoms with Crippen molar-refractivity contribution in [1.82, 2.24) is 4.90 Å². The van der Waals surface area contributed by atoms with Gasteiger partial charge < -0.3 is 10.6 Å². The zero-order valence-electron chi connectivity index (χ0n) is 9.49. The Labute approximate surface area is 86.6 Å². The van der Waals surface area contributed by atoms with Crippen LogP contribution in [-0.4, -0.2) is 30.4 Å². The summed E-state index contributed by atoms with van der Waals surface area (Å²) in [4.78, 5) is 13.5. The molecule has 0 unspecified atom stereocenters. The SMILES string of the molecule is CC(C)CC(=O)N(C)CC1CC(N)C1. The van der Waals surface area contributed by atoms with Gasteiger partial charge in [-0.05, 0) is 24.7 Å². The summed E-state index contributed by atoms with van der Waals surface area (Å²) in [5.41, 5.74) is 5.70. The highest BCUT2D eigenvalue weighted by Gasteiger charge is 2.27. The van der Waals surface area contributed by atoms with Crippen LogP contribution in [0.15, 0.2) is 0 Å². The maximum absolute atomic E-state index is 11.6. The minimum absolute atomic E-state index is 0.264. The van der Waals surface area contributed by atoms with E-state index < -0.39 is 0 Å². The van der Waals surface area contributed by atoms with Crippen molar-refractivity contribution in [1.29, 1.82) is 0 Å². The van der Waals surface area contributed by atoms with Gasteiger partial charge in [-0.15, -0.1) is 0 Å². The van der Waals surface area contributed by atoms with Crippen LogP contribution in [0.25, 0.3) is 0 Å². The second-order valence-corrected chi connectivity index (χ2v) is 4.97. The third-order valence-electron chi connectivity index (χ3n) is 2.81. The molecule has 1 saturated carbocycles. The topological polar surface area (TPSA) is 46.3 Å². The van der Waals surface area contributed by atoms with Crippen LogP contribution < -0.4 is 5.73 Å². The zero-order valence-corrected chi connectivity index (χ0v) is 9.49. The van der Waals surface area contributed by atoms with E-state index in [9.17, 15) is 4.79 Å². The molecule has 0 bridgehead atoms. The van der Waals surface area contributed by atoms with Crippen LogP contribution in [0, 0.1) is 11.8 Å². The van der Waals surface area contributed by atoms with Gasteiger partial charge in [0.2, 0.25) is 5.91 Å². The lowest BCUT2D eigenvalue weighted by Crippen LogP contribution is -2.43. The monoisotopic (exact) mass is 198 g/mol. The fourth-order valence-corrected chi connectivity index (χ4v) is 1.93. The highest BCUT2D eigenvalue weighted by atomic mass is 16.2. The molecule has 82 valence electrons. The minimum atomic E-state index is 0.264. The van der Waals surface area contributed by atoms with Gasteiger partial charge in [0.15, 0.2) is 0 Å². The summed E-state index contributed by atoms with van der Waals surface area (Å²) >= 11 is 0. The summed E-state index contributed by atoms with van der Waals surface area (Å²) in [6.07, 6.45) is 2.83. The average Bonchev–Trinajstić information content (AvgIpc) is 2.00. The zero-order chi connectivity index (χ0) is 10.7. The lowest BCUT2D eigenvalue weighted by Gasteiger charge is -2.35. The second-order valence-electron chi connectivity index (χ2n) is 4.97. The first-order valence-electron chi connectivity index (χ1n) is 5.48. The summed E-state index contributed by atoms with van der Waals surface area (Å²) in [5.74, 6) is 1.36. The Morgan fingerprint density at radius 3 is 2.50 bits per heavy atom. The van der Waals surface area contributed by atoms with E-state index in [0.717, 1.165) is 19.4 Å². The summed E-state index contributed by atoms with van der Waals surface area (Å²) in [6, 6.07) is 0.383. The third-order valence-corrected chi connectivity index (χ3v) is 2.81. The van der Waals surface area contributed by atoms with Crippen molar-refractivity contribution in [3.05, 3.63) is 0 Å². The molecule has 0 saturated heterocycles. The fourth-order valence-electron chi connectivity index (χ4n) is 1.93. The number of hydrogen-bond acceptors (Lipinski definition) is 2. The molecule has 1 amide bonds. The van der Waals surface area contributed by atoms with Crippen molar-refractivity contribution in [2.45, 2.75) is 39.2 Å². The van der Waals surface area contributed by atoms with Crippen LogP contribution in [-0.2, 0) is 4.79 Å². The molecule has 1 rings (SSSR count). The van der Waals surface area contributed by atoms with E-state index in [0.29, 0.717) is 24.3 Å². The molecular formula is C11H22N2O. The number of carbonyl (C=O) groups excluding carboxylic acids is 1. The van der Waals surface area contributed by atoms with Gasteiger partial charge in [0, 0.05) is 26.1 Å². The quantitative estimate of drug-likeness (QED) is 0.738. The van der Waals surface area contributed by atoms with Gasteiger partial charge in [0.25, 0.3) is 0 Å². The van der Waals surface area contributed by atoms with Crippen LogP contribution >= 0.6 is 0 Å². The van der Waals surface area contributed by atoms with Crippen molar-refractivity contribution in [2.24, 2.45) is 17.6 Å². The van der Waals surface area contributed by atoms with E-state index in [2.05, 4.69) is 13.8 Å². The summed E-state index contributed by atoms with van der Waals surface area (Å²) in [6.45, 7) is 5.04. The van der Waals surface area contributed by atoms with Gasteiger partial charge in [-0.25, -0.2) is 0 Å². The molecule has 0 aromatic heterocycles. The Balaban J connectivity index is 2.20. The molecule has 1 aliphatic carbocycles. The fraction of sp³-hybridized carbons (Fsp3) is 0.909. The normalized spacial score (nSPS) is 26.1. The summed E-state index contributed by atoms with van der Waals surface area (Å²) < 4.78 is 0. The molecule has 0 aliphatic heterocycles. The minimum Gasteiger partial charge on any atom is -0.345 e. The first-order valence-corrected chi connectivity index (χ1v) is 5.48. The van der Waals surface area contributed by atoms with Crippen molar-refractivity contribution in [3.8, 4) is 0 Å². The van der Waals surface area contributed by atoms with Gasteiger partial charge in [-0.2, -0.15) is 0 Å². The number of amides is 1. The molecular weight excluding hydrogens is 176 g/mol. The predicted octanol–water partition coefficient (Wildman–Crippen LogP) is 1.23. The van der Waals surface area contributed by atoms with Crippen molar-refractivity contribution in [3.63, 3.8) is 0 Å². The summed E-state index contributed by atoms with van der Waals surface area (Å²) in [7, 11) is 1.90. The average molecular weight is 198 g/mol. The lowest BCUT2D eigenvalue weighted by atomic mass is 9.80. The van der Waals surface area contributed by atoms with Crippen molar-refractivity contribution < 1.29 is 4.79 Å². The maximum Gasteiger partial charge on any atom is 0.222 e. The predicted molar refractivity (Wildman–Crippen MR) is 57.8 cm³/mol. The summed E-state index contributed by atoms with van der Waals surface area (Å²) in [5, 5.41) is 0. The molecule has 3 nitrogen and oxygen atoms in total. The van der Waals surface area contributed by atoms with Crippen LogP contribution in [0.3, 0.4) is 0 Å². The first kappa shape index (κ1) is 11.5. The second kappa shape index (κ2) is 4.78. The maximum atomic E-state index is 11.6. The van der Waals surface area contributed by atoms with Crippen LogP contribution in [0.4, 0.5) is 0 Å². The van der Waals surface area contributed by atoms with Crippen LogP contribution in [0.1, 0.15) is 33.1 Å². The van der Waals surface area contributed by atoms with Gasteiger partial charge in [-0.3, -0.25) is 4.79 Å². The van der Waals surface area contributed by atoms with Gasteiger partial charge in [-0.1, -0.05) is 13.8 Å². The number of nitrogens with two attached hydrogens (primary N) is 1. The van der Waals surface area contributed by atoms with E-state index in [1.807, 2.05) is 11.9 Å². The van der Waals surface area contributed by atoms with E-state index in [4.69, 9.17) is 5.73 Å². The molecule has 1 aliphatic rings. The Bertz CT molecular complexity index is 197. The Kier molecular flexibility index (Phi) is 3.93. The lowest BCUT2D eigenvalue weighted by molar-refractivity contribution is -0.131. The Hall–Kier alpha value is -0.570. The van der Waals surface area contributed by atoms with Crippen LogP contribution in [0.2, 0.25) is 0 Å².